The molecule has 47 heavy (non-hydrogen) atoms. The first-order valence-corrected chi connectivity index (χ1v) is 16.5. The second-order valence-corrected chi connectivity index (χ2v) is 13.3. The predicted molar refractivity (Wildman–Crippen MR) is 200 cm³/mol. The van der Waals surface area contributed by atoms with E-state index in [-0.39, 0.29) is 6.71 Å². The van der Waals surface area contributed by atoms with Crippen LogP contribution in [-0.2, 0) is 0 Å². The SMILES string of the molecule is c1ccc(-c2cc3c4c(c2)-n2c5cc6ccccc6cc5c5cc6ccccc6c(c52)B4c2cccc4c5ccccc5n-3c24)cc1. The van der Waals surface area contributed by atoms with Crippen LogP contribution in [0.2, 0.25) is 0 Å². The Morgan fingerprint density at radius 3 is 1.83 bits per heavy atom. The van der Waals surface area contributed by atoms with Crippen molar-refractivity contribution in [2.24, 2.45) is 0 Å². The largest absolute Gasteiger partial charge is 0.310 e. The Bertz CT molecular complexity index is 3020. The first kappa shape index (κ1) is 24.2. The Hall–Kier alpha value is -6.06. The standard InChI is InChI=1S/C44H25BN2/c1-2-11-26(12-3-1)30-24-39-42-40(25-30)47-38-23-28-14-5-4-13-27(28)21-34(38)35-22-29-15-6-7-16-31(29)41(44(35)47)45(42)36-19-10-18-33-32-17-8-9-20-37(32)46(39)43(33)36/h1-25H. The molecule has 0 bridgehead atoms. The van der Waals surface area contributed by atoms with E-state index in [4.69, 9.17) is 0 Å². The molecule has 0 aliphatic carbocycles. The Kier molecular flexibility index (Phi) is 4.33. The van der Waals surface area contributed by atoms with Crippen LogP contribution >= 0.6 is 0 Å². The Morgan fingerprint density at radius 1 is 0.362 bits per heavy atom. The van der Waals surface area contributed by atoms with Crippen molar-refractivity contribution in [3.63, 3.8) is 0 Å². The van der Waals surface area contributed by atoms with Gasteiger partial charge in [0.1, 0.15) is 0 Å². The smallest absolute Gasteiger partial charge is 0.253 e. The Balaban J connectivity index is 1.38. The molecule has 214 valence electrons. The lowest BCUT2D eigenvalue weighted by Crippen LogP contribution is -2.59. The maximum atomic E-state index is 2.61. The summed E-state index contributed by atoms with van der Waals surface area (Å²) in [5.74, 6) is 0. The summed E-state index contributed by atoms with van der Waals surface area (Å²) in [7, 11) is 0. The van der Waals surface area contributed by atoms with Crippen molar-refractivity contribution >= 4 is 88.3 Å². The van der Waals surface area contributed by atoms with E-state index < -0.39 is 0 Å². The van der Waals surface area contributed by atoms with Crippen molar-refractivity contribution in [1.29, 1.82) is 0 Å². The minimum absolute atomic E-state index is 0.102. The van der Waals surface area contributed by atoms with E-state index in [9.17, 15) is 0 Å². The van der Waals surface area contributed by atoms with Crippen LogP contribution < -0.4 is 16.4 Å². The quantitative estimate of drug-likeness (QED) is 0.169. The number of fused-ring (bicyclic) bond motifs is 13. The summed E-state index contributed by atoms with van der Waals surface area (Å²) in [6, 6.07) is 56.8. The Morgan fingerprint density at radius 2 is 1.00 bits per heavy atom. The summed E-state index contributed by atoms with van der Waals surface area (Å²) in [5, 5.41) is 10.5. The van der Waals surface area contributed by atoms with E-state index >= 15 is 0 Å². The van der Waals surface area contributed by atoms with E-state index in [1.165, 1.54) is 104 Å². The van der Waals surface area contributed by atoms with E-state index in [2.05, 4.69) is 161 Å². The van der Waals surface area contributed by atoms with E-state index in [0.717, 1.165) is 0 Å². The van der Waals surface area contributed by atoms with Gasteiger partial charge in [0.15, 0.2) is 0 Å². The fourth-order valence-corrected chi connectivity index (χ4v) is 9.17. The third-order valence-electron chi connectivity index (χ3n) is 11.0. The summed E-state index contributed by atoms with van der Waals surface area (Å²) in [5.41, 5.74) is 14.4. The number of benzene rings is 8. The molecule has 0 unspecified atom stereocenters. The Labute approximate surface area is 270 Å². The van der Waals surface area contributed by atoms with Crippen molar-refractivity contribution in [2.75, 3.05) is 0 Å². The van der Waals surface area contributed by atoms with Crippen molar-refractivity contribution in [3.8, 4) is 22.5 Å². The van der Waals surface area contributed by atoms with E-state index in [0.29, 0.717) is 0 Å². The van der Waals surface area contributed by atoms with Gasteiger partial charge in [0.25, 0.3) is 6.71 Å². The van der Waals surface area contributed by atoms with Gasteiger partial charge >= 0.3 is 0 Å². The molecule has 0 fully saturated rings. The zero-order chi connectivity index (χ0) is 30.4. The summed E-state index contributed by atoms with van der Waals surface area (Å²) in [6.07, 6.45) is 0. The van der Waals surface area contributed by atoms with Crippen LogP contribution in [0.1, 0.15) is 0 Å². The molecular formula is C44H25BN2. The zero-order valence-electron chi connectivity index (χ0n) is 25.4. The monoisotopic (exact) mass is 592 g/mol. The van der Waals surface area contributed by atoms with Crippen LogP contribution in [0, 0.1) is 0 Å². The van der Waals surface area contributed by atoms with Crippen molar-refractivity contribution < 1.29 is 0 Å². The third-order valence-corrected chi connectivity index (χ3v) is 11.0. The molecule has 0 saturated heterocycles. The molecule has 3 heteroatoms. The molecule has 12 rings (SSSR count). The number of hydrogen-bond acceptors (Lipinski definition) is 0. The van der Waals surface area contributed by atoms with Gasteiger partial charge in [-0.15, -0.1) is 0 Å². The lowest BCUT2D eigenvalue weighted by molar-refractivity contribution is 1.15. The molecular weight excluding hydrogens is 567 g/mol. The highest BCUT2D eigenvalue weighted by Gasteiger charge is 2.42. The normalized spacial score (nSPS) is 13.1. The molecule has 0 atom stereocenters. The van der Waals surface area contributed by atoms with Crippen LogP contribution in [0.15, 0.2) is 152 Å². The highest BCUT2D eigenvalue weighted by Crippen LogP contribution is 2.42. The lowest BCUT2D eigenvalue weighted by Gasteiger charge is -2.35. The molecule has 4 heterocycles. The molecule has 0 amide bonds. The highest BCUT2D eigenvalue weighted by molar-refractivity contribution is 7.01. The zero-order valence-corrected chi connectivity index (χ0v) is 25.4. The second kappa shape index (κ2) is 8.40. The molecule has 2 aromatic heterocycles. The van der Waals surface area contributed by atoms with Crippen LogP contribution in [-0.4, -0.2) is 15.8 Å². The van der Waals surface area contributed by atoms with Crippen molar-refractivity contribution in [3.05, 3.63) is 152 Å². The highest BCUT2D eigenvalue weighted by atomic mass is 15.0. The van der Waals surface area contributed by atoms with Gasteiger partial charge in [-0.25, -0.2) is 0 Å². The van der Waals surface area contributed by atoms with Gasteiger partial charge in [-0.1, -0.05) is 115 Å². The molecule has 2 aliphatic heterocycles. The maximum Gasteiger partial charge on any atom is 0.253 e. The van der Waals surface area contributed by atoms with Gasteiger partial charge in [-0.05, 0) is 85.5 Å². The minimum atomic E-state index is 0.102. The molecule has 0 radical (unpaired) electrons. The topological polar surface area (TPSA) is 9.86 Å². The van der Waals surface area contributed by atoms with E-state index in [1.54, 1.807) is 0 Å². The molecule has 2 aliphatic rings. The molecule has 8 aromatic carbocycles. The van der Waals surface area contributed by atoms with Gasteiger partial charge in [0.05, 0.1) is 11.0 Å². The average molecular weight is 593 g/mol. The van der Waals surface area contributed by atoms with Crippen molar-refractivity contribution in [1.82, 2.24) is 9.13 Å². The molecule has 0 N–H and O–H groups in total. The summed E-state index contributed by atoms with van der Waals surface area (Å²) in [6.45, 7) is 0.102. The lowest BCUT2D eigenvalue weighted by atomic mass is 9.33. The van der Waals surface area contributed by atoms with Gasteiger partial charge in [-0.2, -0.15) is 0 Å². The number of nitrogens with zero attached hydrogens (tertiary/aromatic N) is 2. The third kappa shape index (κ3) is 2.90. The van der Waals surface area contributed by atoms with Gasteiger partial charge in [-0.3, -0.25) is 0 Å². The number of rotatable bonds is 1. The maximum absolute atomic E-state index is 2.61. The average Bonchev–Trinajstić information content (AvgIpc) is 3.64. The van der Waals surface area contributed by atoms with Gasteiger partial charge in [0.2, 0.25) is 0 Å². The fourth-order valence-electron chi connectivity index (χ4n) is 9.17. The van der Waals surface area contributed by atoms with Crippen LogP contribution in [0.5, 0.6) is 0 Å². The number of para-hydroxylation sites is 2. The van der Waals surface area contributed by atoms with Crippen LogP contribution in [0.25, 0.3) is 87.7 Å². The minimum Gasteiger partial charge on any atom is -0.310 e. The first-order valence-electron chi connectivity index (χ1n) is 16.5. The summed E-state index contributed by atoms with van der Waals surface area (Å²) < 4.78 is 5.17. The number of aromatic nitrogens is 2. The van der Waals surface area contributed by atoms with Crippen LogP contribution in [0.4, 0.5) is 0 Å². The second-order valence-electron chi connectivity index (χ2n) is 13.3. The summed E-state index contributed by atoms with van der Waals surface area (Å²) in [4.78, 5) is 0. The predicted octanol–water partition coefficient (Wildman–Crippen LogP) is 9.00. The summed E-state index contributed by atoms with van der Waals surface area (Å²) >= 11 is 0. The van der Waals surface area contributed by atoms with Crippen LogP contribution in [0.3, 0.4) is 0 Å². The van der Waals surface area contributed by atoms with Crippen molar-refractivity contribution in [2.45, 2.75) is 0 Å². The molecule has 0 spiro atoms. The van der Waals surface area contributed by atoms with Gasteiger partial charge in [0, 0.05) is 44.0 Å². The first-order chi connectivity index (χ1) is 23.3. The molecule has 0 saturated carbocycles. The van der Waals surface area contributed by atoms with E-state index in [1.807, 2.05) is 0 Å². The van der Waals surface area contributed by atoms with Gasteiger partial charge < -0.3 is 9.13 Å². The molecule has 10 aromatic rings. The fraction of sp³-hybridized carbons (Fsp3) is 0. The molecule has 2 nitrogen and oxygen atoms in total. The number of hydrogen-bond donors (Lipinski definition) is 0.